The smallest absolute Gasteiger partial charge is 0.306 e. The number of carbonyl (C=O) groups is 1. The first-order valence-corrected chi connectivity index (χ1v) is 7.02. The van der Waals surface area contributed by atoms with Crippen LogP contribution in [0.5, 0.6) is 5.75 Å². The molecule has 0 aromatic carbocycles. The molecule has 0 aliphatic rings. The quantitative estimate of drug-likeness (QED) is 0.611. The molecule has 19 heavy (non-hydrogen) atoms. The minimum Gasteiger partial charge on any atom is -0.492 e. The number of halogens is 1. The van der Waals surface area contributed by atoms with Crippen molar-refractivity contribution in [3.8, 4) is 5.75 Å². The monoisotopic (exact) mass is 329 g/mol. The van der Waals surface area contributed by atoms with Crippen LogP contribution in [-0.4, -0.2) is 23.2 Å². The highest BCUT2D eigenvalue weighted by Crippen LogP contribution is 2.15. The number of nitrogens with zero attached hydrogens (tertiary/aromatic N) is 1. The minimum atomic E-state index is -0.437. The van der Waals surface area contributed by atoms with Crippen molar-refractivity contribution in [2.45, 2.75) is 39.7 Å². The summed E-state index contributed by atoms with van der Waals surface area (Å²) in [5.74, 6) is 0.593. The van der Waals surface area contributed by atoms with E-state index >= 15 is 0 Å². The van der Waals surface area contributed by atoms with Crippen molar-refractivity contribution >= 4 is 21.9 Å². The lowest BCUT2D eigenvalue weighted by molar-refractivity contribution is -0.156. The van der Waals surface area contributed by atoms with Gasteiger partial charge in [-0.05, 0) is 48.8 Å². The van der Waals surface area contributed by atoms with Crippen LogP contribution >= 0.6 is 15.9 Å². The summed E-state index contributed by atoms with van der Waals surface area (Å²) >= 11 is 3.26. The van der Waals surface area contributed by atoms with E-state index in [1.165, 1.54) is 0 Å². The highest BCUT2D eigenvalue weighted by molar-refractivity contribution is 9.10. The van der Waals surface area contributed by atoms with Crippen molar-refractivity contribution in [2.24, 2.45) is 5.92 Å². The highest BCUT2D eigenvalue weighted by atomic mass is 79.9. The molecule has 0 aliphatic carbocycles. The Bertz CT molecular complexity index is 412. The summed E-state index contributed by atoms with van der Waals surface area (Å²) in [6.45, 7) is 8.00. The maximum absolute atomic E-state index is 11.6. The summed E-state index contributed by atoms with van der Waals surface area (Å²) in [4.78, 5) is 15.7. The molecule has 0 aliphatic heterocycles. The fourth-order valence-corrected chi connectivity index (χ4v) is 1.65. The van der Waals surface area contributed by atoms with E-state index in [1.54, 1.807) is 6.20 Å². The number of pyridine rings is 1. The number of carbonyl (C=O) groups excluding carboxylic acids is 1. The fourth-order valence-electron chi connectivity index (χ4n) is 1.41. The van der Waals surface area contributed by atoms with Crippen LogP contribution in [0.3, 0.4) is 0 Å². The zero-order chi connectivity index (χ0) is 14.5. The zero-order valence-electron chi connectivity index (χ0n) is 11.8. The van der Waals surface area contributed by atoms with Gasteiger partial charge < -0.3 is 9.47 Å². The maximum Gasteiger partial charge on any atom is 0.306 e. The topological polar surface area (TPSA) is 48.4 Å². The van der Waals surface area contributed by atoms with Gasteiger partial charge in [0.05, 0.1) is 19.2 Å². The van der Waals surface area contributed by atoms with E-state index in [2.05, 4.69) is 20.9 Å². The molecule has 1 atom stereocenters. The highest BCUT2D eigenvalue weighted by Gasteiger charge is 2.18. The lowest BCUT2D eigenvalue weighted by atomic mass is 10.1. The molecule has 0 radical (unpaired) electrons. The second-order valence-corrected chi connectivity index (χ2v) is 6.34. The molecular weight excluding hydrogens is 310 g/mol. The van der Waals surface area contributed by atoms with Crippen LogP contribution in [0, 0.1) is 5.92 Å². The van der Waals surface area contributed by atoms with Crippen molar-refractivity contribution in [1.29, 1.82) is 0 Å². The Labute approximate surface area is 122 Å². The molecule has 0 bridgehead atoms. The first-order valence-electron chi connectivity index (χ1n) is 6.22. The third kappa shape index (κ3) is 7.15. The van der Waals surface area contributed by atoms with Gasteiger partial charge in [0.2, 0.25) is 0 Å². The number of hydrogen-bond acceptors (Lipinski definition) is 4. The standard InChI is InChI=1S/C14H20BrNO3/c1-10(7-13(17)19-14(2,3)4)9-18-11-5-6-12(15)16-8-11/h5-6,8,10H,7,9H2,1-4H3/t10-/m1/s1. The molecule has 1 rings (SSSR count). The predicted octanol–water partition coefficient (Wildman–Crippen LogP) is 3.59. The average Bonchev–Trinajstić information content (AvgIpc) is 2.25. The van der Waals surface area contributed by atoms with E-state index in [0.29, 0.717) is 18.8 Å². The van der Waals surface area contributed by atoms with E-state index in [-0.39, 0.29) is 11.9 Å². The Balaban J connectivity index is 2.33. The Morgan fingerprint density at radius 1 is 1.42 bits per heavy atom. The third-order valence-electron chi connectivity index (χ3n) is 2.17. The summed E-state index contributed by atoms with van der Waals surface area (Å²) < 4.78 is 11.6. The SMILES string of the molecule is C[C@@H](COc1ccc(Br)nc1)CC(=O)OC(C)(C)C. The number of ether oxygens (including phenoxy) is 2. The fraction of sp³-hybridized carbons (Fsp3) is 0.571. The summed E-state index contributed by atoms with van der Waals surface area (Å²) in [7, 11) is 0. The van der Waals surface area contributed by atoms with Gasteiger partial charge in [0, 0.05) is 5.92 Å². The molecule has 1 aromatic rings. The molecule has 0 spiro atoms. The number of aromatic nitrogens is 1. The second kappa shape index (κ2) is 6.89. The van der Waals surface area contributed by atoms with Gasteiger partial charge in [-0.25, -0.2) is 4.98 Å². The van der Waals surface area contributed by atoms with Crippen LogP contribution in [0.1, 0.15) is 34.1 Å². The lowest BCUT2D eigenvalue weighted by Gasteiger charge is -2.21. The van der Waals surface area contributed by atoms with Crippen molar-refractivity contribution in [3.05, 3.63) is 22.9 Å². The summed E-state index contributed by atoms with van der Waals surface area (Å²) in [5, 5.41) is 0. The van der Waals surface area contributed by atoms with E-state index in [1.807, 2.05) is 39.8 Å². The molecule has 0 saturated carbocycles. The predicted molar refractivity (Wildman–Crippen MR) is 77.1 cm³/mol. The van der Waals surface area contributed by atoms with Crippen LogP contribution < -0.4 is 4.74 Å². The first-order chi connectivity index (χ1) is 8.76. The molecule has 0 unspecified atom stereocenters. The van der Waals surface area contributed by atoms with Gasteiger partial charge in [-0.15, -0.1) is 0 Å². The van der Waals surface area contributed by atoms with E-state index in [4.69, 9.17) is 9.47 Å². The zero-order valence-corrected chi connectivity index (χ0v) is 13.4. The molecule has 0 saturated heterocycles. The molecule has 4 nitrogen and oxygen atoms in total. The molecule has 0 fully saturated rings. The molecule has 1 aromatic heterocycles. The van der Waals surface area contributed by atoms with E-state index < -0.39 is 5.60 Å². The second-order valence-electron chi connectivity index (χ2n) is 5.52. The van der Waals surface area contributed by atoms with Crippen LogP contribution in [0.15, 0.2) is 22.9 Å². The summed E-state index contributed by atoms with van der Waals surface area (Å²) in [5.41, 5.74) is -0.437. The lowest BCUT2D eigenvalue weighted by Crippen LogP contribution is -2.25. The normalized spacial score (nSPS) is 12.9. The Morgan fingerprint density at radius 3 is 2.63 bits per heavy atom. The Hall–Kier alpha value is -1.10. The van der Waals surface area contributed by atoms with Crippen molar-refractivity contribution in [1.82, 2.24) is 4.98 Å². The van der Waals surface area contributed by atoms with Gasteiger partial charge in [0.15, 0.2) is 0 Å². The summed E-state index contributed by atoms with van der Waals surface area (Å²) in [6.07, 6.45) is 1.99. The van der Waals surface area contributed by atoms with E-state index in [9.17, 15) is 4.79 Å². The van der Waals surface area contributed by atoms with Gasteiger partial charge in [-0.1, -0.05) is 6.92 Å². The van der Waals surface area contributed by atoms with Gasteiger partial charge in [0.1, 0.15) is 16.0 Å². The van der Waals surface area contributed by atoms with Crippen molar-refractivity contribution in [3.63, 3.8) is 0 Å². The Morgan fingerprint density at radius 2 is 2.11 bits per heavy atom. The summed E-state index contributed by atoms with van der Waals surface area (Å²) in [6, 6.07) is 3.64. The molecule has 5 heteroatoms. The van der Waals surface area contributed by atoms with Gasteiger partial charge in [-0.3, -0.25) is 4.79 Å². The molecule has 1 heterocycles. The van der Waals surface area contributed by atoms with Crippen LogP contribution in [-0.2, 0) is 9.53 Å². The van der Waals surface area contributed by atoms with Crippen LogP contribution in [0.2, 0.25) is 0 Å². The maximum atomic E-state index is 11.6. The molecule has 0 N–H and O–H groups in total. The van der Waals surface area contributed by atoms with Crippen molar-refractivity contribution in [2.75, 3.05) is 6.61 Å². The minimum absolute atomic E-state index is 0.0958. The van der Waals surface area contributed by atoms with Crippen LogP contribution in [0.4, 0.5) is 0 Å². The van der Waals surface area contributed by atoms with E-state index in [0.717, 1.165) is 4.60 Å². The average molecular weight is 330 g/mol. The largest absolute Gasteiger partial charge is 0.492 e. The molecule has 106 valence electrons. The van der Waals surface area contributed by atoms with Gasteiger partial charge >= 0.3 is 5.97 Å². The number of rotatable bonds is 5. The third-order valence-corrected chi connectivity index (χ3v) is 2.64. The molecular formula is C14H20BrNO3. The van der Waals surface area contributed by atoms with Gasteiger partial charge in [0.25, 0.3) is 0 Å². The van der Waals surface area contributed by atoms with Crippen molar-refractivity contribution < 1.29 is 14.3 Å². The first kappa shape index (κ1) is 16.0. The number of hydrogen-bond donors (Lipinski definition) is 0. The van der Waals surface area contributed by atoms with Crippen LogP contribution in [0.25, 0.3) is 0 Å². The number of esters is 1. The molecule has 0 amide bonds. The Kier molecular flexibility index (Phi) is 5.79. The van der Waals surface area contributed by atoms with Gasteiger partial charge in [-0.2, -0.15) is 0 Å².